The van der Waals surface area contributed by atoms with Crippen LogP contribution in [0, 0.1) is 11.8 Å². The van der Waals surface area contributed by atoms with E-state index in [1.807, 2.05) is 37.3 Å². The molecule has 2 amide bonds. The molecular formula is C23H25N6O8P. The predicted octanol–water partition coefficient (Wildman–Crippen LogP) is 1.53. The van der Waals surface area contributed by atoms with Crippen molar-refractivity contribution >= 4 is 30.8 Å². The van der Waals surface area contributed by atoms with Crippen LogP contribution in [-0.2, 0) is 23.3 Å². The van der Waals surface area contributed by atoms with Crippen LogP contribution in [0.4, 0.5) is 10.6 Å². The normalized spacial score (nSPS) is 24.6. The Kier molecular flexibility index (Phi) is 7.68. The molecule has 2 unspecified atom stereocenters. The van der Waals surface area contributed by atoms with E-state index in [1.165, 1.54) is 12.7 Å². The van der Waals surface area contributed by atoms with E-state index in [9.17, 15) is 19.1 Å². The summed E-state index contributed by atoms with van der Waals surface area (Å²) >= 11 is 0. The third-order valence-corrected chi connectivity index (χ3v) is 6.25. The molecular weight excluding hydrogens is 519 g/mol. The van der Waals surface area contributed by atoms with E-state index < -0.39 is 51.3 Å². The number of aromatic nitrogens is 4. The molecule has 0 saturated carbocycles. The molecule has 200 valence electrons. The summed E-state index contributed by atoms with van der Waals surface area (Å²) in [6.45, 7) is 1.98. The van der Waals surface area contributed by atoms with Crippen LogP contribution in [0.3, 0.4) is 0 Å². The van der Waals surface area contributed by atoms with Gasteiger partial charge in [0.2, 0.25) is 6.29 Å². The van der Waals surface area contributed by atoms with Crippen molar-refractivity contribution in [2.24, 2.45) is 0 Å². The second kappa shape index (κ2) is 11.1. The highest BCUT2D eigenvalue weighted by Crippen LogP contribution is 2.43. The van der Waals surface area contributed by atoms with Gasteiger partial charge in [0.05, 0.1) is 12.9 Å². The van der Waals surface area contributed by atoms with Gasteiger partial charge in [-0.15, -0.1) is 0 Å². The van der Waals surface area contributed by atoms with Gasteiger partial charge in [0.1, 0.15) is 24.6 Å². The van der Waals surface area contributed by atoms with E-state index in [0.29, 0.717) is 17.7 Å². The Morgan fingerprint density at radius 1 is 1.16 bits per heavy atom. The molecule has 4 heterocycles. The molecule has 15 heteroatoms. The van der Waals surface area contributed by atoms with Crippen LogP contribution in [0.15, 0.2) is 43.0 Å². The number of imidazole rings is 1. The van der Waals surface area contributed by atoms with Gasteiger partial charge in [-0.2, -0.15) is 0 Å². The van der Waals surface area contributed by atoms with Gasteiger partial charge in [0.15, 0.2) is 23.2 Å². The lowest BCUT2D eigenvalue weighted by atomic mass is 10.1. The SMILES string of the molecule is CCCNC(=O)Nc1ncnc2c1ncn2[C@@H]1O[C@H](COP(=O)(O)O)[C@@H]2OC(C#Cc3ccccc3)OC21. The first-order chi connectivity index (χ1) is 18.3. The van der Waals surface area contributed by atoms with Gasteiger partial charge in [-0.1, -0.05) is 31.0 Å². The largest absolute Gasteiger partial charge is 0.469 e. The van der Waals surface area contributed by atoms with Gasteiger partial charge >= 0.3 is 13.9 Å². The summed E-state index contributed by atoms with van der Waals surface area (Å²) < 4.78 is 35.7. The van der Waals surface area contributed by atoms with E-state index in [2.05, 4.69) is 37.4 Å². The van der Waals surface area contributed by atoms with Gasteiger partial charge in [-0.05, 0) is 24.5 Å². The molecule has 5 rings (SSSR count). The molecule has 0 aliphatic carbocycles. The summed E-state index contributed by atoms with van der Waals surface area (Å²) in [7, 11) is -4.76. The monoisotopic (exact) mass is 544 g/mol. The van der Waals surface area contributed by atoms with Crippen LogP contribution in [-0.4, -0.2) is 73.1 Å². The summed E-state index contributed by atoms with van der Waals surface area (Å²) in [6, 6.07) is 8.85. The molecule has 2 aliphatic heterocycles. The highest BCUT2D eigenvalue weighted by atomic mass is 31.2. The van der Waals surface area contributed by atoms with Crippen molar-refractivity contribution in [3.63, 3.8) is 0 Å². The Balaban J connectivity index is 1.41. The maximum absolute atomic E-state index is 12.2. The number of carbonyl (C=O) groups is 1. The maximum Gasteiger partial charge on any atom is 0.469 e. The van der Waals surface area contributed by atoms with Gasteiger partial charge in [-0.3, -0.25) is 14.4 Å². The third kappa shape index (κ3) is 5.85. The van der Waals surface area contributed by atoms with E-state index >= 15 is 0 Å². The molecule has 0 spiro atoms. The molecule has 2 saturated heterocycles. The molecule has 3 aromatic rings. The molecule has 0 radical (unpaired) electrons. The summed E-state index contributed by atoms with van der Waals surface area (Å²) in [4.78, 5) is 43.3. The lowest BCUT2D eigenvalue weighted by Gasteiger charge is -2.20. The molecule has 1 aromatic carbocycles. The summed E-state index contributed by atoms with van der Waals surface area (Å²) in [5.74, 6) is 6.11. The number of fused-ring (bicyclic) bond motifs is 2. The number of nitrogens with zero attached hydrogens (tertiary/aromatic N) is 4. The molecule has 0 bridgehead atoms. The summed E-state index contributed by atoms with van der Waals surface area (Å²) in [5.41, 5.74) is 1.42. The number of hydrogen-bond acceptors (Lipinski definition) is 9. The fourth-order valence-corrected chi connectivity index (χ4v) is 4.46. The topological polar surface area (TPSA) is 179 Å². The van der Waals surface area contributed by atoms with Crippen molar-refractivity contribution in [1.82, 2.24) is 24.8 Å². The van der Waals surface area contributed by atoms with Crippen LogP contribution in [0.2, 0.25) is 0 Å². The Morgan fingerprint density at radius 3 is 2.71 bits per heavy atom. The van der Waals surface area contributed by atoms with Gasteiger partial charge in [0, 0.05) is 12.1 Å². The number of benzene rings is 1. The minimum atomic E-state index is -4.76. The molecule has 2 aromatic heterocycles. The van der Waals surface area contributed by atoms with E-state index in [-0.39, 0.29) is 5.82 Å². The second-order valence-corrected chi connectivity index (χ2v) is 9.69. The van der Waals surface area contributed by atoms with E-state index in [1.54, 1.807) is 4.57 Å². The molecule has 14 nitrogen and oxygen atoms in total. The van der Waals surface area contributed by atoms with Crippen molar-refractivity contribution in [3.8, 4) is 11.8 Å². The van der Waals surface area contributed by atoms with Crippen LogP contribution in [0.25, 0.3) is 11.2 Å². The molecule has 4 N–H and O–H groups in total. The van der Waals surface area contributed by atoms with Crippen LogP contribution >= 0.6 is 7.82 Å². The zero-order valence-corrected chi connectivity index (χ0v) is 21.0. The minimum Gasteiger partial charge on any atom is -0.347 e. The third-order valence-electron chi connectivity index (χ3n) is 5.76. The number of ether oxygens (including phenoxy) is 3. The Labute approximate surface area is 216 Å². The van der Waals surface area contributed by atoms with Crippen molar-refractivity contribution in [2.45, 2.75) is 44.2 Å². The van der Waals surface area contributed by atoms with E-state index in [4.69, 9.17) is 18.7 Å². The predicted molar refractivity (Wildman–Crippen MR) is 131 cm³/mol. The van der Waals surface area contributed by atoms with Crippen LogP contribution in [0.1, 0.15) is 25.1 Å². The zero-order chi connectivity index (χ0) is 26.7. The number of amides is 2. The molecule has 5 atom stereocenters. The summed E-state index contributed by atoms with van der Waals surface area (Å²) in [6.07, 6.45) is -0.642. The van der Waals surface area contributed by atoms with Crippen molar-refractivity contribution in [3.05, 3.63) is 48.5 Å². The number of carbonyl (C=O) groups excluding carboxylic acids is 1. The average Bonchev–Trinajstić information content (AvgIpc) is 3.59. The molecule has 2 aliphatic rings. The van der Waals surface area contributed by atoms with Gasteiger partial charge < -0.3 is 29.3 Å². The number of nitrogens with one attached hydrogen (secondary N) is 2. The Bertz CT molecular complexity index is 1400. The number of phosphoric acid groups is 1. The lowest BCUT2D eigenvalue weighted by Crippen LogP contribution is -2.31. The lowest BCUT2D eigenvalue weighted by molar-refractivity contribution is -0.129. The van der Waals surface area contributed by atoms with Crippen LogP contribution in [0.5, 0.6) is 0 Å². The van der Waals surface area contributed by atoms with Gasteiger partial charge in [-0.25, -0.2) is 24.3 Å². The first kappa shape index (κ1) is 26.2. The molecule has 2 fully saturated rings. The quantitative estimate of drug-likeness (QED) is 0.250. The fraction of sp³-hybridized carbons (Fsp3) is 0.391. The highest BCUT2D eigenvalue weighted by molar-refractivity contribution is 7.46. The van der Waals surface area contributed by atoms with Crippen LogP contribution < -0.4 is 10.6 Å². The fourth-order valence-electron chi connectivity index (χ4n) is 4.12. The zero-order valence-electron chi connectivity index (χ0n) is 20.1. The van der Waals surface area contributed by atoms with Gasteiger partial charge in [0.25, 0.3) is 0 Å². The minimum absolute atomic E-state index is 0.202. The first-order valence-corrected chi connectivity index (χ1v) is 13.3. The first-order valence-electron chi connectivity index (χ1n) is 11.8. The second-order valence-electron chi connectivity index (χ2n) is 8.45. The highest BCUT2D eigenvalue weighted by Gasteiger charge is 2.54. The summed E-state index contributed by atoms with van der Waals surface area (Å²) in [5, 5.41) is 5.36. The number of phosphoric ester groups is 1. The smallest absolute Gasteiger partial charge is 0.347 e. The van der Waals surface area contributed by atoms with Crippen molar-refractivity contribution < 1.29 is 37.9 Å². The standard InChI is InChI=1S/C23H25N6O8P/c1-2-10-24-23(30)28-20-17-21(26-12-25-20)29(13-27-17)22-19-18(15(35-22)11-34-38(31,32)33)36-16(37-19)9-8-14-6-4-3-5-7-14/h3-7,12-13,15-16,18-19,22H,2,10-11H2,1H3,(H2,31,32,33)(H2,24,25,26,28,30)/t15-,16?,18+,19?,22-/m1/s1. The number of anilines is 1. The average molecular weight is 544 g/mol. The number of hydrogen-bond donors (Lipinski definition) is 4. The van der Waals surface area contributed by atoms with Crippen molar-refractivity contribution in [1.29, 1.82) is 0 Å². The number of urea groups is 1. The maximum atomic E-state index is 12.2. The van der Waals surface area contributed by atoms with Crippen molar-refractivity contribution in [2.75, 3.05) is 18.5 Å². The number of rotatable bonds is 7. The van der Waals surface area contributed by atoms with E-state index in [0.717, 1.165) is 12.0 Å². The Morgan fingerprint density at radius 2 is 1.95 bits per heavy atom. The Hall–Kier alpha value is -3.41. The molecule has 38 heavy (non-hydrogen) atoms.